The molecule has 1 unspecified atom stereocenters. The molecule has 0 fully saturated rings. The molecule has 0 radical (unpaired) electrons. The second-order valence-corrected chi connectivity index (χ2v) is 6.76. The highest BCUT2D eigenvalue weighted by molar-refractivity contribution is 6.04. The van der Waals surface area contributed by atoms with Gasteiger partial charge in [-0.1, -0.05) is 44.2 Å². The van der Waals surface area contributed by atoms with Crippen molar-refractivity contribution in [3.8, 4) is 5.75 Å². The lowest BCUT2D eigenvalue weighted by molar-refractivity contribution is -0.129. The van der Waals surface area contributed by atoms with Crippen molar-refractivity contribution >= 4 is 23.2 Å². The number of ether oxygens (including phenoxy) is 1. The number of hydrogen-bond donors (Lipinski definition) is 2. The third-order valence-electron chi connectivity index (χ3n) is 4.12. The molecule has 0 saturated carbocycles. The van der Waals surface area contributed by atoms with Crippen molar-refractivity contribution in [3.05, 3.63) is 54.1 Å². The Bertz CT molecular complexity index is 805. The van der Waals surface area contributed by atoms with E-state index in [2.05, 4.69) is 5.32 Å². The van der Waals surface area contributed by atoms with Gasteiger partial charge in [0.15, 0.2) is 0 Å². The smallest absolute Gasteiger partial charge is 0.273 e. The lowest BCUT2D eigenvalue weighted by Crippen LogP contribution is -2.47. The van der Waals surface area contributed by atoms with Gasteiger partial charge in [0.1, 0.15) is 12.3 Å². The number of nitrogen functional groups attached to an aromatic ring is 1. The van der Waals surface area contributed by atoms with E-state index in [-0.39, 0.29) is 18.4 Å². The summed E-state index contributed by atoms with van der Waals surface area (Å²) in [6.07, 6.45) is -0.787. The zero-order valence-electron chi connectivity index (χ0n) is 14.9. The van der Waals surface area contributed by atoms with Gasteiger partial charge in [-0.15, -0.1) is 0 Å². The number of nitrogens with two attached hydrogens (primary N) is 1. The number of nitrogens with one attached hydrogen (secondary N) is 1. The second kappa shape index (κ2) is 7.47. The first kappa shape index (κ1) is 17.8. The summed E-state index contributed by atoms with van der Waals surface area (Å²) in [5.74, 6) is 0.367. The van der Waals surface area contributed by atoms with Crippen LogP contribution in [-0.4, -0.2) is 24.9 Å². The molecule has 1 aliphatic rings. The van der Waals surface area contributed by atoms with E-state index in [9.17, 15) is 9.59 Å². The molecule has 3 N–H and O–H groups in total. The van der Waals surface area contributed by atoms with Gasteiger partial charge in [0, 0.05) is 17.8 Å². The van der Waals surface area contributed by atoms with Gasteiger partial charge in [0.05, 0.1) is 5.69 Å². The lowest BCUT2D eigenvalue weighted by atomic mass is 10.0. The van der Waals surface area contributed by atoms with Crippen LogP contribution in [0.4, 0.5) is 11.4 Å². The Morgan fingerprint density at radius 3 is 2.65 bits per heavy atom. The summed E-state index contributed by atoms with van der Waals surface area (Å²) in [5.41, 5.74) is 7.63. The van der Waals surface area contributed by atoms with Crippen molar-refractivity contribution in [2.24, 2.45) is 5.92 Å². The van der Waals surface area contributed by atoms with Crippen molar-refractivity contribution in [3.63, 3.8) is 0 Å². The van der Waals surface area contributed by atoms with E-state index in [1.165, 1.54) is 4.90 Å². The molecule has 1 heterocycles. The number of benzene rings is 2. The van der Waals surface area contributed by atoms with E-state index in [1.807, 2.05) is 44.2 Å². The van der Waals surface area contributed by atoms with E-state index in [1.54, 1.807) is 18.2 Å². The Morgan fingerprint density at radius 2 is 1.96 bits per heavy atom. The topological polar surface area (TPSA) is 84.7 Å². The molecule has 0 aliphatic carbocycles. The average Bonchev–Trinajstić information content (AvgIpc) is 2.63. The summed E-state index contributed by atoms with van der Waals surface area (Å²) in [6, 6.07) is 14.4. The second-order valence-electron chi connectivity index (χ2n) is 6.76. The molecular formula is C20H23N3O3. The van der Waals surface area contributed by atoms with Gasteiger partial charge in [-0.25, -0.2) is 0 Å². The molecule has 0 aromatic heterocycles. The summed E-state index contributed by atoms with van der Waals surface area (Å²) >= 11 is 0. The Labute approximate surface area is 152 Å². The monoisotopic (exact) mass is 353 g/mol. The van der Waals surface area contributed by atoms with Crippen LogP contribution < -0.4 is 20.7 Å². The zero-order chi connectivity index (χ0) is 18.7. The van der Waals surface area contributed by atoms with Crippen molar-refractivity contribution in [2.45, 2.75) is 20.0 Å². The van der Waals surface area contributed by atoms with E-state index >= 15 is 0 Å². The van der Waals surface area contributed by atoms with Crippen LogP contribution in [0.25, 0.3) is 0 Å². The summed E-state index contributed by atoms with van der Waals surface area (Å²) < 4.78 is 5.92. The fourth-order valence-electron chi connectivity index (χ4n) is 2.80. The Hall–Kier alpha value is -3.02. The van der Waals surface area contributed by atoms with Gasteiger partial charge in [-0.3, -0.25) is 14.5 Å². The Balaban J connectivity index is 1.91. The van der Waals surface area contributed by atoms with Crippen molar-refractivity contribution in [1.82, 2.24) is 5.32 Å². The number of fused-ring (bicyclic) bond motifs is 1. The van der Waals surface area contributed by atoms with Gasteiger partial charge in [0.25, 0.3) is 5.91 Å². The van der Waals surface area contributed by atoms with Crippen LogP contribution in [0, 0.1) is 5.92 Å². The summed E-state index contributed by atoms with van der Waals surface area (Å²) in [6.45, 7) is 4.52. The molecule has 1 aliphatic heterocycles. The SMILES string of the molecule is CC(C)CNC(=O)CN1C(=O)C(c2ccccc2)Oc2ccc(N)cc21. The molecule has 2 amide bonds. The number of anilines is 2. The van der Waals surface area contributed by atoms with Gasteiger partial charge in [0.2, 0.25) is 12.0 Å². The van der Waals surface area contributed by atoms with Crippen LogP contribution in [0.2, 0.25) is 0 Å². The third kappa shape index (κ3) is 3.79. The minimum atomic E-state index is -0.787. The van der Waals surface area contributed by atoms with Gasteiger partial charge in [-0.05, 0) is 24.1 Å². The minimum absolute atomic E-state index is 0.0747. The molecule has 136 valence electrons. The number of carbonyl (C=O) groups excluding carboxylic acids is 2. The van der Waals surface area contributed by atoms with Gasteiger partial charge < -0.3 is 15.8 Å². The van der Waals surface area contributed by atoms with E-state index < -0.39 is 6.10 Å². The van der Waals surface area contributed by atoms with Crippen LogP contribution in [-0.2, 0) is 9.59 Å². The molecule has 2 aromatic rings. The molecule has 0 bridgehead atoms. The molecule has 2 aromatic carbocycles. The maximum atomic E-state index is 13.1. The van der Waals surface area contributed by atoms with Gasteiger partial charge >= 0.3 is 0 Å². The fourth-order valence-corrected chi connectivity index (χ4v) is 2.80. The van der Waals surface area contributed by atoms with Crippen molar-refractivity contribution in [2.75, 3.05) is 23.7 Å². The zero-order valence-corrected chi connectivity index (χ0v) is 14.9. The van der Waals surface area contributed by atoms with Crippen LogP contribution in [0.5, 0.6) is 5.75 Å². The van der Waals surface area contributed by atoms with Gasteiger partial charge in [-0.2, -0.15) is 0 Å². The molecular weight excluding hydrogens is 330 g/mol. The first-order valence-corrected chi connectivity index (χ1v) is 8.65. The first-order valence-electron chi connectivity index (χ1n) is 8.65. The number of nitrogens with zero attached hydrogens (tertiary/aromatic N) is 1. The molecule has 0 saturated heterocycles. The Kier molecular flexibility index (Phi) is 5.11. The lowest BCUT2D eigenvalue weighted by Gasteiger charge is -2.34. The minimum Gasteiger partial charge on any atom is -0.474 e. The fraction of sp³-hybridized carbons (Fsp3) is 0.300. The molecule has 6 heteroatoms. The standard InChI is InChI=1S/C20H23N3O3/c1-13(2)11-22-18(24)12-23-16-10-15(21)8-9-17(16)26-19(20(23)25)14-6-4-3-5-7-14/h3-10,13,19H,11-12,21H2,1-2H3,(H,22,24). The summed E-state index contributed by atoms with van der Waals surface area (Å²) in [7, 11) is 0. The highest BCUT2D eigenvalue weighted by atomic mass is 16.5. The first-order chi connectivity index (χ1) is 12.5. The highest BCUT2D eigenvalue weighted by Crippen LogP contribution is 2.39. The summed E-state index contributed by atoms with van der Waals surface area (Å²) in [4.78, 5) is 26.8. The van der Waals surface area contributed by atoms with Crippen LogP contribution >= 0.6 is 0 Å². The maximum absolute atomic E-state index is 13.1. The normalized spacial score (nSPS) is 16.2. The van der Waals surface area contributed by atoms with Crippen molar-refractivity contribution < 1.29 is 14.3 Å². The molecule has 1 atom stereocenters. The van der Waals surface area contributed by atoms with Crippen LogP contribution in [0.1, 0.15) is 25.5 Å². The number of rotatable bonds is 5. The number of hydrogen-bond acceptors (Lipinski definition) is 4. The van der Waals surface area contributed by atoms with Crippen LogP contribution in [0.15, 0.2) is 48.5 Å². The van der Waals surface area contributed by atoms with E-state index in [0.717, 1.165) is 5.56 Å². The third-order valence-corrected chi connectivity index (χ3v) is 4.12. The van der Waals surface area contributed by atoms with Crippen LogP contribution in [0.3, 0.4) is 0 Å². The molecule has 6 nitrogen and oxygen atoms in total. The molecule has 26 heavy (non-hydrogen) atoms. The number of carbonyl (C=O) groups is 2. The van der Waals surface area contributed by atoms with Crippen molar-refractivity contribution in [1.29, 1.82) is 0 Å². The maximum Gasteiger partial charge on any atom is 0.273 e. The van der Waals surface area contributed by atoms with E-state index in [4.69, 9.17) is 10.5 Å². The average molecular weight is 353 g/mol. The summed E-state index contributed by atoms with van der Waals surface area (Å²) in [5, 5.41) is 2.85. The highest BCUT2D eigenvalue weighted by Gasteiger charge is 2.36. The van der Waals surface area contributed by atoms with E-state index in [0.29, 0.717) is 29.6 Å². The molecule has 0 spiro atoms. The quantitative estimate of drug-likeness (QED) is 0.809. The largest absolute Gasteiger partial charge is 0.474 e. The Morgan fingerprint density at radius 1 is 1.23 bits per heavy atom. The predicted molar refractivity (Wildman–Crippen MR) is 101 cm³/mol. The number of amides is 2. The molecule has 3 rings (SSSR count). The predicted octanol–water partition coefficient (Wildman–Crippen LogP) is 2.51.